The Balaban J connectivity index is 2.20. The fourth-order valence-electron chi connectivity index (χ4n) is 1.52. The number of hydrogen-bond donors (Lipinski definition) is 0. The average Bonchev–Trinajstić information content (AvgIpc) is 2.39. The third-order valence-electron chi connectivity index (χ3n) is 2.38. The lowest BCUT2D eigenvalue weighted by molar-refractivity contribution is -0.697. The minimum atomic E-state index is 0.205. The predicted octanol–water partition coefficient (Wildman–Crippen LogP) is 4.00. The van der Waals surface area contributed by atoms with Crippen LogP contribution < -0.4 is 4.57 Å². The van der Waals surface area contributed by atoms with Crippen molar-refractivity contribution in [2.75, 3.05) is 0 Å². The smallest absolute Gasteiger partial charge is 0.191 e. The van der Waals surface area contributed by atoms with E-state index in [4.69, 9.17) is 0 Å². The van der Waals surface area contributed by atoms with Crippen molar-refractivity contribution in [3.63, 3.8) is 0 Å². The second-order valence-electron chi connectivity index (χ2n) is 3.51. The first-order valence-corrected chi connectivity index (χ1v) is 6.91. The van der Waals surface area contributed by atoms with Gasteiger partial charge in [-0.2, -0.15) is 4.57 Å². The van der Waals surface area contributed by atoms with E-state index in [0.29, 0.717) is 0 Å². The summed E-state index contributed by atoms with van der Waals surface area (Å²) in [5.41, 5.74) is 1.26. The topological polar surface area (TPSA) is 3.88 Å². The number of benzene rings is 1. The van der Waals surface area contributed by atoms with Gasteiger partial charge in [-0.05, 0) is 21.5 Å². The number of halogens is 2. The van der Waals surface area contributed by atoms with Crippen molar-refractivity contribution in [1.29, 1.82) is 0 Å². The molecule has 1 aromatic heterocycles. The van der Waals surface area contributed by atoms with Crippen LogP contribution in [-0.2, 0) is 0 Å². The zero-order chi connectivity index (χ0) is 11.4. The first-order valence-electron chi connectivity index (χ1n) is 5.08. The molecule has 0 N–H and O–H groups in total. The summed E-state index contributed by atoms with van der Waals surface area (Å²) in [6.45, 7) is 0. The van der Waals surface area contributed by atoms with Crippen LogP contribution in [0.15, 0.2) is 60.9 Å². The molecular formula is C13H12Br2N+. The molecule has 2 atom stereocenters. The van der Waals surface area contributed by atoms with Crippen molar-refractivity contribution in [1.82, 2.24) is 0 Å². The van der Waals surface area contributed by atoms with Gasteiger partial charge in [0.05, 0.1) is 0 Å². The summed E-state index contributed by atoms with van der Waals surface area (Å²) in [5, 5.41) is 0. The van der Waals surface area contributed by atoms with Crippen LogP contribution in [0.2, 0.25) is 0 Å². The Kier molecular flexibility index (Phi) is 4.13. The van der Waals surface area contributed by atoms with Gasteiger partial charge in [-0.1, -0.05) is 52.3 Å². The zero-order valence-corrected chi connectivity index (χ0v) is 11.8. The molecule has 16 heavy (non-hydrogen) atoms. The highest BCUT2D eigenvalue weighted by molar-refractivity contribution is 9.11. The second-order valence-corrected chi connectivity index (χ2v) is 5.43. The van der Waals surface area contributed by atoms with E-state index in [1.54, 1.807) is 0 Å². The van der Waals surface area contributed by atoms with Gasteiger partial charge in [0.15, 0.2) is 12.4 Å². The molecule has 0 radical (unpaired) electrons. The van der Waals surface area contributed by atoms with E-state index >= 15 is 0 Å². The summed E-state index contributed by atoms with van der Waals surface area (Å²) in [7, 11) is 0. The van der Waals surface area contributed by atoms with Crippen LogP contribution in [0.4, 0.5) is 0 Å². The molecule has 0 saturated heterocycles. The molecule has 1 aromatic carbocycles. The lowest BCUT2D eigenvalue weighted by atomic mass is 10.1. The molecular weight excluding hydrogens is 330 g/mol. The molecule has 1 nitrogen and oxygen atoms in total. The molecule has 0 aliphatic rings. The monoisotopic (exact) mass is 340 g/mol. The maximum absolute atomic E-state index is 3.72. The van der Waals surface area contributed by atoms with Crippen molar-refractivity contribution >= 4 is 31.9 Å². The lowest BCUT2D eigenvalue weighted by Crippen LogP contribution is -2.37. The van der Waals surface area contributed by atoms with Crippen LogP contribution in [0.1, 0.15) is 15.3 Å². The summed E-state index contributed by atoms with van der Waals surface area (Å²) in [6.07, 6.45) is 4.10. The predicted molar refractivity (Wildman–Crippen MR) is 72.7 cm³/mol. The Morgan fingerprint density at radius 1 is 0.812 bits per heavy atom. The normalized spacial score (nSPS) is 14.4. The van der Waals surface area contributed by atoms with Crippen molar-refractivity contribution in [2.24, 2.45) is 0 Å². The summed E-state index contributed by atoms with van der Waals surface area (Å²) in [4.78, 5) is 0.456. The Morgan fingerprint density at radius 3 is 2.00 bits per heavy atom. The number of nitrogens with zero attached hydrogens (tertiary/aromatic N) is 1. The molecule has 82 valence electrons. The Hall–Kier alpha value is -0.670. The Morgan fingerprint density at radius 2 is 1.38 bits per heavy atom. The summed E-state index contributed by atoms with van der Waals surface area (Å²) in [5.74, 6) is 0. The van der Waals surface area contributed by atoms with Crippen molar-refractivity contribution < 1.29 is 4.57 Å². The quantitative estimate of drug-likeness (QED) is 0.586. The third-order valence-corrected chi connectivity index (χ3v) is 5.12. The van der Waals surface area contributed by atoms with Gasteiger partial charge in [-0.25, -0.2) is 0 Å². The average molecular weight is 342 g/mol. The molecule has 0 spiro atoms. The highest BCUT2D eigenvalue weighted by Gasteiger charge is 2.24. The van der Waals surface area contributed by atoms with Crippen LogP contribution in [0.3, 0.4) is 0 Å². The molecule has 0 unspecified atom stereocenters. The minimum Gasteiger partial charge on any atom is -0.191 e. The Bertz CT molecular complexity index is 387. The van der Waals surface area contributed by atoms with E-state index in [1.807, 2.05) is 24.3 Å². The lowest BCUT2D eigenvalue weighted by Gasteiger charge is -2.12. The molecule has 0 saturated carbocycles. The summed E-state index contributed by atoms with van der Waals surface area (Å²) < 4.78 is 2.13. The largest absolute Gasteiger partial charge is 0.228 e. The van der Waals surface area contributed by atoms with Crippen LogP contribution in [0, 0.1) is 0 Å². The van der Waals surface area contributed by atoms with E-state index in [1.165, 1.54) is 5.56 Å². The van der Waals surface area contributed by atoms with Crippen LogP contribution in [0.5, 0.6) is 0 Å². The highest BCUT2D eigenvalue weighted by Crippen LogP contribution is 2.34. The van der Waals surface area contributed by atoms with Crippen LogP contribution in [-0.4, -0.2) is 0 Å². The molecule has 3 heteroatoms. The maximum Gasteiger partial charge on any atom is 0.228 e. The maximum atomic E-state index is 3.72. The Labute approximate surface area is 112 Å². The molecule has 0 bridgehead atoms. The first-order chi connectivity index (χ1) is 7.79. The standard InChI is InChI=1S/C13H12Br2N/c14-12(11-7-3-1-4-8-11)13(15)16-9-5-2-6-10-16/h1-10,12-13H/q+1/t12-,13+/m1/s1. The van der Waals surface area contributed by atoms with E-state index < -0.39 is 0 Å². The third kappa shape index (κ3) is 2.71. The molecule has 0 aliphatic carbocycles. The van der Waals surface area contributed by atoms with Gasteiger partial charge in [0.25, 0.3) is 0 Å². The fraction of sp³-hybridized carbons (Fsp3) is 0.154. The minimum absolute atomic E-state index is 0.205. The van der Waals surface area contributed by atoms with Crippen molar-refractivity contribution in [2.45, 2.75) is 9.78 Å². The fourth-order valence-corrected chi connectivity index (χ4v) is 2.68. The number of rotatable bonds is 3. The van der Waals surface area contributed by atoms with Gasteiger partial charge in [0.2, 0.25) is 4.95 Å². The SMILES string of the molecule is Br[C@H](c1ccccc1)[C@@H](Br)[n+]1ccccc1. The van der Waals surface area contributed by atoms with Crippen molar-refractivity contribution in [3.05, 3.63) is 66.5 Å². The van der Waals surface area contributed by atoms with Gasteiger partial charge in [-0.3, -0.25) is 0 Å². The summed E-state index contributed by atoms with van der Waals surface area (Å²) in [6, 6.07) is 16.5. The number of aromatic nitrogens is 1. The van der Waals surface area contributed by atoms with Gasteiger partial charge < -0.3 is 0 Å². The van der Waals surface area contributed by atoms with Crippen LogP contribution >= 0.6 is 31.9 Å². The molecule has 2 aromatic rings. The number of pyridine rings is 1. The van der Waals surface area contributed by atoms with Crippen LogP contribution in [0.25, 0.3) is 0 Å². The highest BCUT2D eigenvalue weighted by atomic mass is 79.9. The van der Waals surface area contributed by atoms with E-state index in [0.717, 1.165) is 0 Å². The van der Waals surface area contributed by atoms with Gasteiger partial charge >= 0.3 is 0 Å². The van der Waals surface area contributed by atoms with E-state index in [9.17, 15) is 0 Å². The zero-order valence-electron chi connectivity index (χ0n) is 8.63. The number of alkyl halides is 2. The first kappa shape index (κ1) is 11.8. The van der Waals surface area contributed by atoms with Gasteiger partial charge in [0.1, 0.15) is 4.83 Å². The van der Waals surface area contributed by atoms with Crippen molar-refractivity contribution in [3.8, 4) is 0 Å². The van der Waals surface area contributed by atoms with E-state index in [-0.39, 0.29) is 9.78 Å². The summed E-state index contributed by atoms with van der Waals surface area (Å²) >= 11 is 7.42. The van der Waals surface area contributed by atoms with Gasteiger partial charge in [0, 0.05) is 12.1 Å². The number of hydrogen-bond acceptors (Lipinski definition) is 0. The molecule has 1 heterocycles. The van der Waals surface area contributed by atoms with Gasteiger partial charge in [-0.15, -0.1) is 0 Å². The van der Waals surface area contributed by atoms with E-state index in [2.05, 4.69) is 73.1 Å². The molecule has 0 aliphatic heterocycles. The molecule has 0 amide bonds. The molecule has 2 rings (SSSR count). The molecule has 0 fully saturated rings. The second kappa shape index (κ2) is 5.60.